The molecule has 2 heterocycles. The van der Waals surface area contributed by atoms with Crippen molar-refractivity contribution in [3.05, 3.63) is 18.0 Å². The van der Waals surface area contributed by atoms with Crippen LogP contribution in [0.25, 0.3) is 0 Å². The highest BCUT2D eigenvalue weighted by Crippen LogP contribution is 2.22. The second-order valence-corrected chi connectivity index (χ2v) is 5.39. The number of nitrogens with zero attached hydrogens (tertiary/aromatic N) is 4. The SMILES string of the molecule is CC(C)C(=O)N1Cc2ccnn2[C@H](C(=O)N(C)C)C1. The lowest BCUT2D eigenvalue weighted by Gasteiger charge is -2.35. The molecule has 19 heavy (non-hydrogen) atoms. The minimum atomic E-state index is -0.420. The molecule has 1 aliphatic rings. The molecule has 0 saturated carbocycles. The van der Waals surface area contributed by atoms with Crippen LogP contribution in [0.2, 0.25) is 0 Å². The zero-order valence-corrected chi connectivity index (χ0v) is 11.8. The molecule has 104 valence electrons. The number of rotatable bonds is 2. The number of carbonyl (C=O) groups is 2. The van der Waals surface area contributed by atoms with Crippen LogP contribution in [-0.4, -0.2) is 52.0 Å². The molecule has 0 N–H and O–H groups in total. The van der Waals surface area contributed by atoms with Crippen LogP contribution in [-0.2, 0) is 16.1 Å². The lowest BCUT2D eigenvalue weighted by Crippen LogP contribution is -2.47. The Bertz CT molecular complexity index is 493. The maximum atomic E-state index is 12.2. The van der Waals surface area contributed by atoms with Crippen LogP contribution in [0.1, 0.15) is 25.6 Å². The molecule has 6 heteroatoms. The average Bonchev–Trinajstić information content (AvgIpc) is 2.83. The molecule has 1 aromatic heterocycles. The van der Waals surface area contributed by atoms with Gasteiger partial charge in [0.25, 0.3) is 0 Å². The van der Waals surface area contributed by atoms with E-state index in [9.17, 15) is 9.59 Å². The van der Waals surface area contributed by atoms with Crippen LogP contribution in [0, 0.1) is 5.92 Å². The van der Waals surface area contributed by atoms with Gasteiger partial charge in [-0.05, 0) is 6.07 Å². The first-order valence-corrected chi connectivity index (χ1v) is 6.44. The second-order valence-electron chi connectivity index (χ2n) is 5.39. The van der Waals surface area contributed by atoms with E-state index in [-0.39, 0.29) is 17.7 Å². The summed E-state index contributed by atoms with van der Waals surface area (Å²) < 4.78 is 1.73. The Morgan fingerprint density at radius 3 is 2.68 bits per heavy atom. The van der Waals surface area contributed by atoms with Crippen LogP contribution in [0.3, 0.4) is 0 Å². The number of aromatic nitrogens is 2. The summed E-state index contributed by atoms with van der Waals surface area (Å²) in [6.45, 7) is 4.66. The summed E-state index contributed by atoms with van der Waals surface area (Å²) in [7, 11) is 3.43. The smallest absolute Gasteiger partial charge is 0.248 e. The summed E-state index contributed by atoms with van der Waals surface area (Å²) in [6, 6.07) is 1.44. The van der Waals surface area contributed by atoms with E-state index in [1.54, 1.807) is 34.8 Å². The average molecular weight is 264 g/mol. The Morgan fingerprint density at radius 2 is 2.11 bits per heavy atom. The third-order valence-corrected chi connectivity index (χ3v) is 3.33. The molecule has 0 bridgehead atoms. The Kier molecular flexibility index (Phi) is 3.59. The van der Waals surface area contributed by atoms with Crippen molar-refractivity contribution in [2.24, 2.45) is 5.92 Å². The first-order chi connectivity index (χ1) is 8.91. The molecule has 0 unspecified atom stereocenters. The summed E-state index contributed by atoms with van der Waals surface area (Å²) in [5.41, 5.74) is 0.903. The van der Waals surface area contributed by atoms with Gasteiger partial charge in [0.05, 0.1) is 18.8 Å². The van der Waals surface area contributed by atoms with Crippen molar-refractivity contribution in [1.82, 2.24) is 19.6 Å². The van der Waals surface area contributed by atoms with Crippen molar-refractivity contribution in [2.45, 2.75) is 26.4 Å². The highest BCUT2D eigenvalue weighted by atomic mass is 16.2. The molecule has 0 fully saturated rings. The van der Waals surface area contributed by atoms with Crippen LogP contribution >= 0.6 is 0 Å². The zero-order valence-electron chi connectivity index (χ0n) is 11.8. The summed E-state index contributed by atoms with van der Waals surface area (Å²) in [4.78, 5) is 27.6. The molecular formula is C13H20N4O2. The Hall–Kier alpha value is -1.85. The third kappa shape index (κ3) is 2.47. The molecule has 1 aliphatic heterocycles. The zero-order chi connectivity index (χ0) is 14.2. The van der Waals surface area contributed by atoms with E-state index in [2.05, 4.69) is 5.10 Å². The Labute approximate surface area is 113 Å². The molecular weight excluding hydrogens is 244 g/mol. The van der Waals surface area contributed by atoms with Gasteiger partial charge in [0.15, 0.2) is 0 Å². The predicted octanol–water partition coefficient (Wildman–Crippen LogP) is 0.511. The normalized spacial score (nSPS) is 18.4. The molecule has 0 aromatic carbocycles. The number of hydrogen-bond acceptors (Lipinski definition) is 3. The fourth-order valence-corrected chi connectivity index (χ4v) is 2.31. The molecule has 1 aromatic rings. The molecule has 0 spiro atoms. The largest absolute Gasteiger partial charge is 0.347 e. The van der Waals surface area contributed by atoms with E-state index in [4.69, 9.17) is 0 Å². The van der Waals surface area contributed by atoms with Crippen molar-refractivity contribution >= 4 is 11.8 Å². The van der Waals surface area contributed by atoms with Gasteiger partial charge in [0, 0.05) is 26.2 Å². The fraction of sp³-hybridized carbons (Fsp3) is 0.615. The topological polar surface area (TPSA) is 58.4 Å². The van der Waals surface area contributed by atoms with Gasteiger partial charge < -0.3 is 9.80 Å². The maximum absolute atomic E-state index is 12.2. The van der Waals surface area contributed by atoms with Gasteiger partial charge in [-0.25, -0.2) is 0 Å². The number of likely N-dealkylation sites (N-methyl/N-ethyl adjacent to an activating group) is 1. The van der Waals surface area contributed by atoms with Crippen LogP contribution < -0.4 is 0 Å². The molecule has 0 radical (unpaired) electrons. The van der Waals surface area contributed by atoms with E-state index >= 15 is 0 Å². The van der Waals surface area contributed by atoms with Crippen molar-refractivity contribution in [3.8, 4) is 0 Å². The van der Waals surface area contributed by atoms with Gasteiger partial charge in [0.2, 0.25) is 11.8 Å². The third-order valence-electron chi connectivity index (χ3n) is 3.33. The molecule has 0 aliphatic carbocycles. The number of carbonyl (C=O) groups excluding carboxylic acids is 2. The first-order valence-electron chi connectivity index (χ1n) is 6.44. The Morgan fingerprint density at radius 1 is 1.42 bits per heavy atom. The number of fused-ring (bicyclic) bond motifs is 1. The minimum Gasteiger partial charge on any atom is -0.347 e. The van der Waals surface area contributed by atoms with Gasteiger partial charge in [-0.2, -0.15) is 5.10 Å². The minimum absolute atomic E-state index is 0.0359. The van der Waals surface area contributed by atoms with E-state index < -0.39 is 6.04 Å². The molecule has 2 amide bonds. The van der Waals surface area contributed by atoms with Gasteiger partial charge in [-0.15, -0.1) is 0 Å². The van der Waals surface area contributed by atoms with Crippen molar-refractivity contribution < 1.29 is 9.59 Å². The predicted molar refractivity (Wildman–Crippen MR) is 70.2 cm³/mol. The van der Waals surface area contributed by atoms with Crippen molar-refractivity contribution in [1.29, 1.82) is 0 Å². The lowest BCUT2D eigenvalue weighted by atomic mass is 10.1. The fourth-order valence-electron chi connectivity index (χ4n) is 2.31. The highest BCUT2D eigenvalue weighted by Gasteiger charge is 2.34. The summed E-state index contributed by atoms with van der Waals surface area (Å²) in [5, 5.41) is 4.21. The van der Waals surface area contributed by atoms with E-state index in [0.717, 1.165) is 5.69 Å². The van der Waals surface area contributed by atoms with Crippen molar-refractivity contribution in [3.63, 3.8) is 0 Å². The van der Waals surface area contributed by atoms with Gasteiger partial charge in [-0.3, -0.25) is 14.3 Å². The van der Waals surface area contributed by atoms with Crippen LogP contribution in [0.5, 0.6) is 0 Å². The Balaban J connectivity index is 2.30. The van der Waals surface area contributed by atoms with E-state index in [0.29, 0.717) is 13.1 Å². The van der Waals surface area contributed by atoms with E-state index in [1.807, 2.05) is 19.9 Å². The quantitative estimate of drug-likeness (QED) is 0.782. The number of amides is 2. The summed E-state index contributed by atoms with van der Waals surface area (Å²) in [5.74, 6) is -0.0280. The monoisotopic (exact) mass is 264 g/mol. The summed E-state index contributed by atoms with van der Waals surface area (Å²) in [6.07, 6.45) is 1.68. The maximum Gasteiger partial charge on any atom is 0.248 e. The standard InChI is InChI=1S/C13H20N4O2/c1-9(2)12(18)16-7-10-5-6-14-17(10)11(8-16)13(19)15(3)4/h5-6,9,11H,7-8H2,1-4H3/t11-/m0/s1. The van der Waals surface area contributed by atoms with Gasteiger partial charge in [0.1, 0.15) is 6.04 Å². The van der Waals surface area contributed by atoms with Gasteiger partial charge in [-0.1, -0.05) is 13.8 Å². The molecule has 6 nitrogen and oxygen atoms in total. The number of hydrogen-bond donors (Lipinski definition) is 0. The van der Waals surface area contributed by atoms with Crippen molar-refractivity contribution in [2.75, 3.05) is 20.6 Å². The molecule has 1 atom stereocenters. The second kappa shape index (κ2) is 5.03. The van der Waals surface area contributed by atoms with Crippen LogP contribution in [0.4, 0.5) is 0 Å². The van der Waals surface area contributed by atoms with Gasteiger partial charge >= 0.3 is 0 Å². The van der Waals surface area contributed by atoms with E-state index in [1.165, 1.54) is 0 Å². The highest BCUT2D eigenvalue weighted by molar-refractivity contribution is 5.83. The lowest BCUT2D eigenvalue weighted by molar-refractivity contribution is -0.140. The van der Waals surface area contributed by atoms with Crippen LogP contribution in [0.15, 0.2) is 12.3 Å². The first kappa shape index (κ1) is 13.6. The molecule has 2 rings (SSSR count). The summed E-state index contributed by atoms with van der Waals surface area (Å²) >= 11 is 0. The molecule has 0 saturated heterocycles.